The molecule has 0 spiro atoms. The zero-order chi connectivity index (χ0) is 19.4. The molecule has 2 aromatic carbocycles. The molecule has 0 saturated carbocycles. The summed E-state index contributed by atoms with van der Waals surface area (Å²) in [7, 11) is 0. The number of carbonyl (C=O) groups is 3. The van der Waals surface area contributed by atoms with Gasteiger partial charge in [0.05, 0.1) is 23.6 Å². The fourth-order valence-electron chi connectivity index (χ4n) is 5.13. The molecule has 0 aliphatic carbocycles. The number of anilines is 1. The quantitative estimate of drug-likeness (QED) is 0.592. The Morgan fingerprint density at radius 1 is 0.929 bits per heavy atom. The number of fused-ring (bicyclic) bond motifs is 3. The van der Waals surface area contributed by atoms with E-state index in [4.69, 9.17) is 11.6 Å². The number of benzene rings is 2. The molecule has 5 nitrogen and oxygen atoms in total. The molecule has 0 radical (unpaired) electrons. The summed E-state index contributed by atoms with van der Waals surface area (Å²) in [5.74, 6) is -1.62. The van der Waals surface area contributed by atoms with Gasteiger partial charge in [0.25, 0.3) is 0 Å². The number of Topliss-reactive ketones (excluding diaryl/α,β-unsaturated/α-hetero) is 1. The van der Waals surface area contributed by atoms with Crippen LogP contribution in [0.4, 0.5) is 5.69 Å². The molecule has 0 N–H and O–H groups in total. The van der Waals surface area contributed by atoms with Gasteiger partial charge in [0.1, 0.15) is 0 Å². The van der Waals surface area contributed by atoms with E-state index in [0.717, 1.165) is 19.4 Å². The number of rotatable bonds is 3. The van der Waals surface area contributed by atoms with Crippen molar-refractivity contribution in [2.24, 2.45) is 11.8 Å². The van der Waals surface area contributed by atoms with Crippen molar-refractivity contribution in [1.82, 2.24) is 4.90 Å². The molecule has 0 unspecified atom stereocenters. The summed E-state index contributed by atoms with van der Waals surface area (Å²) in [5, 5.41) is 0.544. The van der Waals surface area contributed by atoms with Crippen LogP contribution in [0.3, 0.4) is 0 Å². The summed E-state index contributed by atoms with van der Waals surface area (Å²) in [6, 6.07) is 15.1. The molecule has 3 aliphatic heterocycles. The average molecular weight is 395 g/mol. The molecule has 142 valence electrons. The highest BCUT2D eigenvalue weighted by molar-refractivity contribution is 6.31. The second kappa shape index (κ2) is 6.54. The Kier molecular flexibility index (Phi) is 4.11. The van der Waals surface area contributed by atoms with Crippen molar-refractivity contribution < 1.29 is 14.4 Å². The zero-order valence-corrected chi connectivity index (χ0v) is 15.9. The van der Waals surface area contributed by atoms with Crippen LogP contribution in [0.5, 0.6) is 0 Å². The second-order valence-electron chi connectivity index (χ2n) is 7.66. The Morgan fingerprint density at radius 2 is 1.61 bits per heavy atom. The normalized spacial score (nSPS) is 29.2. The molecule has 6 heteroatoms. The molecule has 2 aromatic rings. The molecule has 28 heavy (non-hydrogen) atoms. The second-order valence-corrected chi connectivity index (χ2v) is 8.10. The first-order valence-corrected chi connectivity index (χ1v) is 9.94. The van der Waals surface area contributed by atoms with Crippen LogP contribution in [0.2, 0.25) is 5.02 Å². The maximum absolute atomic E-state index is 13.4. The van der Waals surface area contributed by atoms with E-state index >= 15 is 0 Å². The van der Waals surface area contributed by atoms with Crippen molar-refractivity contribution in [1.29, 1.82) is 0 Å². The highest BCUT2D eigenvalue weighted by atomic mass is 35.5. The summed E-state index contributed by atoms with van der Waals surface area (Å²) >= 11 is 5.95. The van der Waals surface area contributed by atoms with Gasteiger partial charge in [-0.05, 0) is 43.7 Å². The first kappa shape index (κ1) is 17.6. The molecule has 0 bridgehead atoms. The predicted molar refractivity (Wildman–Crippen MR) is 105 cm³/mol. The van der Waals surface area contributed by atoms with E-state index in [9.17, 15) is 14.4 Å². The lowest BCUT2D eigenvalue weighted by Gasteiger charge is -2.27. The number of carbonyl (C=O) groups excluding carboxylic acids is 3. The van der Waals surface area contributed by atoms with Crippen molar-refractivity contribution >= 4 is 34.9 Å². The van der Waals surface area contributed by atoms with Crippen molar-refractivity contribution in [2.75, 3.05) is 11.4 Å². The monoisotopic (exact) mass is 394 g/mol. The van der Waals surface area contributed by atoms with E-state index in [1.165, 1.54) is 4.90 Å². The molecule has 3 saturated heterocycles. The van der Waals surface area contributed by atoms with E-state index in [1.807, 2.05) is 18.2 Å². The Morgan fingerprint density at radius 3 is 2.32 bits per heavy atom. The number of hydrogen-bond acceptors (Lipinski definition) is 4. The number of ketones is 1. The number of amides is 2. The van der Waals surface area contributed by atoms with Gasteiger partial charge in [-0.15, -0.1) is 0 Å². The molecule has 4 atom stereocenters. The van der Waals surface area contributed by atoms with Crippen LogP contribution in [0, 0.1) is 11.8 Å². The Balaban J connectivity index is 1.55. The molecular formula is C22H19ClN2O3. The summed E-state index contributed by atoms with van der Waals surface area (Å²) in [6.45, 7) is 0.752. The van der Waals surface area contributed by atoms with Crippen molar-refractivity contribution in [2.45, 2.75) is 24.9 Å². The largest absolute Gasteiger partial charge is 0.292 e. The Labute approximate surface area is 167 Å². The number of imide groups is 1. The van der Waals surface area contributed by atoms with Gasteiger partial charge < -0.3 is 0 Å². The maximum atomic E-state index is 13.4. The highest BCUT2D eigenvalue weighted by Crippen LogP contribution is 2.48. The minimum atomic E-state index is -0.624. The van der Waals surface area contributed by atoms with Crippen molar-refractivity contribution in [3.63, 3.8) is 0 Å². The van der Waals surface area contributed by atoms with Crippen LogP contribution in [-0.2, 0) is 9.59 Å². The molecular weight excluding hydrogens is 376 g/mol. The smallest absolute Gasteiger partial charge is 0.239 e. The van der Waals surface area contributed by atoms with Gasteiger partial charge in [-0.3, -0.25) is 19.3 Å². The van der Waals surface area contributed by atoms with Gasteiger partial charge in [0.2, 0.25) is 11.8 Å². The fraction of sp³-hybridized carbons (Fsp3) is 0.318. The average Bonchev–Trinajstić information content (AvgIpc) is 3.35. The summed E-state index contributed by atoms with van der Waals surface area (Å²) in [5.41, 5.74) is 1.10. The third-order valence-corrected chi connectivity index (χ3v) is 6.52. The van der Waals surface area contributed by atoms with E-state index in [0.29, 0.717) is 16.3 Å². The third kappa shape index (κ3) is 2.46. The zero-order valence-electron chi connectivity index (χ0n) is 15.1. The molecule has 5 rings (SSSR count). The van der Waals surface area contributed by atoms with Crippen LogP contribution in [-0.4, -0.2) is 41.1 Å². The fourth-order valence-corrected chi connectivity index (χ4v) is 5.26. The molecule has 3 aliphatic rings. The first-order valence-electron chi connectivity index (χ1n) is 9.56. The number of hydrogen-bond donors (Lipinski definition) is 0. The molecule has 3 heterocycles. The molecule has 2 amide bonds. The number of halogens is 1. The van der Waals surface area contributed by atoms with E-state index in [2.05, 4.69) is 4.90 Å². The number of nitrogens with zero attached hydrogens (tertiary/aromatic N) is 2. The summed E-state index contributed by atoms with van der Waals surface area (Å²) < 4.78 is 0. The van der Waals surface area contributed by atoms with Crippen LogP contribution in [0.15, 0.2) is 54.6 Å². The van der Waals surface area contributed by atoms with Gasteiger partial charge in [0, 0.05) is 16.6 Å². The van der Waals surface area contributed by atoms with Gasteiger partial charge in [-0.1, -0.05) is 41.9 Å². The van der Waals surface area contributed by atoms with Gasteiger partial charge in [-0.25, -0.2) is 4.90 Å². The van der Waals surface area contributed by atoms with Crippen LogP contribution < -0.4 is 4.90 Å². The highest BCUT2D eigenvalue weighted by Gasteiger charge is 2.64. The minimum Gasteiger partial charge on any atom is -0.292 e. The van der Waals surface area contributed by atoms with E-state index in [1.54, 1.807) is 36.4 Å². The van der Waals surface area contributed by atoms with Gasteiger partial charge >= 0.3 is 0 Å². The Hall–Kier alpha value is -2.50. The topological polar surface area (TPSA) is 57.7 Å². The predicted octanol–water partition coefficient (Wildman–Crippen LogP) is 3.18. The first-order chi connectivity index (χ1) is 13.6. The minimum absolute atomic E-state index is 0.0450. The molecule has 3 fully saturated rings. The van der Waals surface area contributed by atoms with Gasteiger partial charge in [-0.2, -0.15) is 0 Å². The summed E-state index contributed by atoms with van der Waals surface area (Å²) in [4.78, 5) is 43.3. The maximum Gasteiger partial charge on any atom is 0.239 e. The van der Waals surface area contributed by atoms with Crippen molar-refractivity contribution in [3.05, 3.63) is 65.2 Å². The lowest BCUT2D eigenvalue weighted by molar-refractivity contribution is -0.123. The standard InChI is InChI=1S/C22H19ClN2O3/c23-14-8-10-15(11-9-14)25-21(27)17-16-7-4-12-24(16)19(18(17)22(25)28)20(26)13-5-2-1-3-6-13/h1-3,5-6,8-11,16-19H,4,7,12H2/t16-,17-,18-,19-/m1/s1. The lowest BCUT2D eigenvalue weighted by atomic mass is 9.85. The van der Waals surface area contributed by atoms with Crippen LogP contribution in [0.25, 0.3) is 0 Å². The van der Waals surface area contributed by atoms with E-state index in [-0.39, 0.29) is 23.6 Å². The summed E-state index contributed by atoms with van der Waals surface area (Å²) in [6.07, 6.45) is 1.78. The van der Waals surface area contributed by atoms with Crippen LogP contribution in [0.1, 0.15) is 23.2 Å². The Bertz CT molecular complexity index is 960. The van der Waals surface area contributed by atoms with Gasteiger partial charge in [0.15, 0.2) is 5.78 Å². The SMILES string of the molecule is O=C(c1ccccc1)[C@H]1[C@@H]2C(=O)N(c3ccc(Cl)cc3)C(=O)[C@@H]2[C@H]2CCCN21. The van der Waals surface area contributed by atoms with Crippen molar-refractivity contribution in [3.8, 4) is 0 Å². The lowest BCUT2D eigenvalue weighted by Crippen LogP contribution is -2.46. The third-order valence-electron chi connectivity index (χ3n) is 6.26. The molecule has 0 aromatic heterocycles. The van der Waals surface area contributed by atoms with Crippen LogP contribution >= 0.6 is 11.6 Å². The van der Waals surface area contributed by atoms with E-state index < -0.39 is 17.9 Å².